The maximum absolute atomic E-state index is 12.8. The lowest BCUT2D eigenvalue weighted by molar-refractivity contribution is -0.126. The van der Waals surface area contributed by atoms with Crippen molar-refractivity contribution in [3.05, 3.63) is 29.7 Å². The van der Waals surface area contributed by atoms with Crippen LogP contribution in [0, 0.1) is 5.41 Å². The van der Waals surface area contributed by atoms with E-state index >= 15 is 0 Å². The zero-order chi connectivity index (χ0) is 23.2. The summed E-state index contributed by atoms with van der Waals surface area (Å²) in [7, 11) is 1.59. The van der Waals surface area contributed by atoms with Crippen molar-refractivity contribution in [3.63, 3.8) is 0 Å². The molecule has 12 heteroatoms. The summed E-state index contributed by atoms with van der Waals surface area (Å²) in [6, 6.07) is 1.92. The highest BCUT2D eigenvalue weighted by Gasteiger charge is 2.49. The number of alkyl halides is 3. The fourth-order valence-corrected chi connectivity index (χ4v) is 5.97. The van der Waals surface area contributed by atoms with Crippen molar-refractivity contribution in [1.29, 1.82) is 0 Å². The Labute approximate surface area is 192 Å². The Bertz CT molecular complexity index is 1170. The maximum atomic E-state index is 12.8. The molecule has 1 saturated carbocycles. The van der Waals surface area contributed by atoms with Gasteiger partial charge in [0.15, 0.2) is 0 Å². The van der Waals surface area contributed by atoms with Crippen molar-refractivity contribution in [2.75, 3.05) is 30.4 Å². The van der Waals surface area contributed by atoms with Crippen LogP contribution >= 0.6 is 11.3 Å². The molecule has 1 amide bonds. The van der Waals surface area contributed by atoms with Gasteiger partial charge in [-0.3, -0.25) is 9.48 Å². The van der Waals surface area contributed by atoms with Gasteiger partial charge in [-0.05, 0) is 30.7 Å². The number of fused-ring (bicyclic) bond motifs is 1. The van der Waals surface area contributed by atoms with E-state index in [0.29, 0.717) is 16.3 Å². The molecule has 1 aliphatic heterocycles. The normalized spacial score (nSPS) is 22.7. The minimum atomic E-state index is -4.24. The summed E-state index contributed by atoms with van der Waals surface area (Å²) in [5, 5.41) is 11.0. The van der Waals surface area contributed by atoms with Gasteiger partial charge in [0.05, 0.1) is 23.7 Å². The van der Waals surface area contributed by atoms with Crippen LogP contribution in [0.2, 0.25) is 0 Å². The lowest BCUT2D eigenvalue weighted by atomic mass is 9.65. The van der Waals surface area contributed by atoms with Crippen molar-refractivity contribution in [2.24, 2.45) is 5.41 Å². The van der Waals surface area contributed by atoms with E-state index in [1.165, 1.54) is 6.33 Å². The van der Waals surface area contributed by atoms with Crippen molar-refractivity contribution in [1.82, 2.24) is 25.1 Å². The summed E-state index contributed by atoms with van der Waals surface area (Å²) >= 11 is 1.08. The SMILES string of the molecule is CNC(=O)Cn1cc(NC2CC3(CCN(c4ncnc5sc(CC(F)(F)F)cc45)C3)C2)cn1. The lowest BCUT2D eigenvalue weighted by Crippen LogP contribution is -2.46. The van der Waals surface area contributed by atoms with Crippen molar-refractivity contribution < 1.29 is 18.0 Å². The smallest absolute Gasteiger partial charge is 0.380 e. The van der Waals surface area contributed by atoms with Crippen LogP contribution in [0.25, 0.3) is 10.2 Å². The van der Waals surface area contributed by atoms with Gasteiger partial charge in [0, 0.05) is 37.3 Å². The van der Waals surface area contributed by atoms with Crippen LogP contribution in [0.5, 0.6) is 0 Å². The number of carbonyl (C=O) groups excluding carboxylic acids is 1. The van der Waals surface area contributed by atoms with E-state index in [2.05, 4.69) is 30.6 Å². The van der Waals surface area contributed by atoms with Crippen LogP contribution in [0.3, 0.4) is 0 Å². The molecule has 0 unspecified atom stereocenters. The second kappa shape index (κ2) is 8.15. The Balaban J connectivity index is 1.21. The first-order valence-electron chi connectivity index (χ1n) is 10.8. The molecule has 2 aliphatic rings. The number of carbonyl (C=O) groups is 1. The molecule has 2 fully saturated rings. The molecule has 1 spiro atoms. The van der Waals surface area contributed by atoms with Gasteiger partial charge in [-0.1, -0.05) is 0 Å². The van der Waals surface area contributed by atoms with Crippen molar-refractivity contribution in [3.8, 4) is 0 Å². The third-order valence-electron chi connectivity index (χ3n) is 6.42. The van der Waals surface area contributed by atoms with Crippen LogP contribution in [-0.4, -0.2) is 58.0 Å². The third kappa shape index (κ3) is 4.61. The molecule has 4 heterocycles. The highest BCUT2D eigenvalue weighted by molar-refractivity contribution is 7.18. The summed E-state index contributed by atoms with van der Waals surface area (Å²) in [5.74, 6) is 0.627. The second-order valence-electron chi connectivity index (χ2n) is 8.94. The molecule has 8 nitrogen and oxygen atoms in total. The molecule has 0 bridgehead atoms. The fourth-order valence-electron chi connectivity index (χ4n) is 4.95. The standard InChI is InChI=1S/C21H24F3N7OS/c1-25-17(32)10-31-9-14(8-28-31)29-13-5-20(6-13)2-3-30(11-20)18-16-4-15(7-21(22,23)24)33-19(16)27-12-26-18/h4,8-9,12-13,29H,2-3,5-7,10-11H2,1H3,(H,25,32). The van der Waals surface area contributed by atoms with Crippen LogP contribution in [0.1, 0.15) is 24.1 Å². The summed E-state index contributed by atoms with van der Waals surface area (Å²) in [5.41, 5.74) is 1.07. The van der Waals surface area contributed by atoms with E-state index in [-0.39, 0.29) is 22.7 Å². The monoisotopic (exact) mass is 479 g/mol. The number of hydrogen-bond acceptors (Lipinski definition) is 7. The van der Waals surface area contributed by atoms with E-state index < -0.39 is 12.6 Å². The van der Waals surface area contributed by atoms with E-state index in [4.69, 9.17) is 0 Å². The molecule has 0 atom stereocenters. The first-order chi connectivity index (χ1) is 15.7. The molecule has 0 aromatic carbocycles. The molecule has 1 aliphatic carbocycles. The van der Waals surface area contributed by atoms with E-state index in [9.17, 15) is 18.0 Å². The summed E-state index contributed by atoms with van der Waals surface area (Å²) in [6.45, 7) is 1.84. The fraction of sp³-hybridized carbons (Fsp3) is 0.524. The van der Waals surface area contributed by atoms with Gasteiger partial charge < -0.3 is 15.5 Å². The Morgan fingerprint density at radius 2 is 2.15 bits per heavy atom. The minimum Gasteiger partial charge on any atom is -0.380 e. The number of hydrogen-bond donors (Lipinski definition) is 2. The van der Waals surface area contributed by atoms with Crippen LogP contribution in [-0.2, 0) is 17.8 Å². The van der Waals surface area contributed by atoms with Gasteiger partial charge in [0.25, 0.3) is 0 Å². The van der Waals surface area contributed by atoms with E-state index in [1.54, 1.807) is 24.0 Å². The molecule has 176 valence electrons. The molecular weight excluding hydrogens is 455 g/mol. The summed E-state index contributed by atoms with van der Waals surface area (Å²) < 4.78 is 40.1. The first-order valence-corrected chi connectivity index (χ1v) is 11.6. The average Bonchev–Trinajstić information content (AvgIpc) is 3.44. The van der Waals surface area contributed by atoms with Gasteiger partial charge >= 0.3 is 6.18 Å². The number of thiophene rings is 1. The van der Waals surface area contributed by atoms with Crippen LogP contribution in [0.4, 0.5) is 24.7 Å². The molecule has 2 N–H and O–H groups in total. The number of anilines is 2. The van der Waals surface area contributed by atoms with Crippen LogP contribution in [0.15, 0.2) is 24.8 Å². The molecule has 3 aromatic rings. The Morgan fingerprint density at radius 3 is 2.91 bits per heavy atom. The number of aromatic nitrogens is 4. The zero-order valence-corrected chi connectivity index (χ0v) is 18.8. The molecular formula is C21H24F3N7OS. The molecule has 5 rings (SSSR count). The highest BCUT2D eigenvalue weighted by atomic mass is 32.1. The molecule has 33 heavy (non-hydrogen) atoms. The first kappa shape index (κ1) is 21.9. The average molecular weight is 480 g/mol. The largest absolute Gasteiger partial charge is 0.393 e. The molecule has 1 saturated heterocycles. The second-order valence-corrected chi connectivity index (χ2v) is 10.1. The summed E-state index contributed by atoms with van der Waals surface area (Å²) in [4.78, 5) is 23.1. The minimum absolute atomic E-state index is 0.103. The van der Waals surface area contributed by atoms with Gasteiger partial charge in [-0.2, -0.15) is 18.3 Å². The van der Waals surface area contributed by atoms with Gasteiger partial charge in [-0.25, -0.2) is 9.97 Å². The Morgan fingerprint density at radius 1 is 1.33 bits per heavy atom. The van der Waals surface area contributed by atoms with E-state index in [1.807, 2.05) is 6.20 Å². The lowest BCUT2D eigenvalue weighted by Gasteiger charge is -2.45. The maximum Gasteiger partial charge on any atom is 0.393 e. The summed E-state index contributed by atoms with van der Waals surface area (Å²) in [6.07, 6.45) is 2.84. The Hall–Kier alpha value is -2.89. The number of amides is 1. The van der Waals surface area contributed by atoms with Gasteiger partial charge in [0.1, 0.15) is 23.5 Å². The number of halogens is 3. The van der Waals surface area contributed by atoms with E-state index in [0.717, 1.165) is 55.2 Å². The predicted octanol–water partition coefficient (Wildman–Crippen LogP) is 3.21. The number of likely N-dealkylation sites (N-methyl/N-ethyl adjacent to an activating group) is 1. The number of nitrogens with one attached hydrogen (secondary N) is 2. The highest BCUT2D eigenvalue weighted by Crippen LogP contribution is 2.50. The topological polar surface area (TPSA) is 88.0 Å². The third-order valence-corrected chi connectivity index (χ3v) is 7.46. The molecule has 0 radical (unpaired) electrons. The van der Waals surface area contributed by atoms with Crippen LogP contribution < -0.4 is 15.5 Å². The van der Waals surface area contributed by atoms with Crippen molar-refractivity contribution in [2.45, 2.75) is 44.4 Å². The number of rotatable bonds is 6. The van der Waals surface area contributed by atoms with Gasteiger partial charge in [-0.15, -0.1) is 11.3 Å². The zero-order valence-electron chi connectivity index (χ0n) is 18.0. The molecule has 3 aromatic heterocycles. The van der Waals surface area contributed by atoms with Crippen molar-refractivity contribution >= 4 is 39.0 Å². The number of nitrogens with zero attached hydrogens (tertiary/aromatic N) is 5. The Kier molecular flexibility index (Phi) is 5.42. The predicted molar refractivity (Wildman–Crippen MR) is 119 cm³/mol. The van der Waals surface area contributed by atoms with Gasteiger partial charge in [0.2, 0.25) is 5.91 Å². The quantitative estimate of drug-likeness (QED) is 0.565.